The number of carbonyl (C=O) groups is 1. The van der Waals surface area contributed by atoms with Gasteiger partial charge in [-0.2, -0.15) is 0 Å². The molecule has 0 aromatic heterocycles. The average Bonchev–Trinajstić information content (AvgIpc) is 2.76. The quantitative estimate of drug-likeness (QED) is 0.876. The van der Waals surface area contributed by atoms with Gasteiger partial charge in [0.25, 0.3) is 0 Å². The molecule has 1 amide bonds. The number of benzene rings is 1. The molecule has 3 heteroatoms. The van der Waals surface area contributed by atoms with Gasteiger partial charge in [0.05, 0.1) is 5.69 Å². The molecule has 1 saturated carbocycles. The topological polar surface area (TPSA) is 29.1 Å². The molecule has 0 atom stereocenters. The van der Waals surface area contributed by atoms with Gasteiger partial charge in [-0.05, 0) is 53.4 Å². The maximum atomic E-state index is 11.9. The van der Waals surface area contributed by atoms with Crippen LogP contribution in [0.5, 0.6) is 0 Å². The number of amides is 1. The van der Waals surface area contributed by atoms with Gasteiger partial charge in [-0.15, -0.1) is 0 Å². The molecule has 1 aliphatic carbocycles. The van der Waals surface area contributed by atoms with Crippen LogP contribution in [0.25, 0.3) is 0 Å². The van der Waals surface area contributed by atoms with Gasteiger partial charge in [0.2, 0.25) is 5.91 Å². The van der Waals surface area contributed by atoms with Crippen molar-refractivity contribution in [2.24, 2.45) is 5.92 Å². The number of carbonyl (C=O) groups excluding carboxylic acids is 1. The van der Waals surface area contributed by atoms with Crippen molar-refractivity contribution in [3.05, 3.63) is 28.2 Å². The summed E-state index contributed by atoms with van der Waals surface area (Å²) in [6.45, 7) is 2.03. The SMILES string of the molecule is Cc1ccc(Br)c(NC(=O)C2CCCC2)c1. The Kier molecular flexibility index (Phi) is 3.64. The number of rotatable bonds is 2. The van der Waals surface area contributed by atoms with E-state index in [0.29, 0.717) is 0 Å². The Morgan fingerprint density at radius 2 is 2.06 bits per heavy atom. The number of hydrogen-bond acceptors (Lipinski definition) is 1. The van der Waals surface area contributed by atoms with E-state index in [1.54, 1.807) is 0 Å². The third kappa shape index (κ3) is 2.64. The highest BCUT2D eigenvalue weighted by Gasteiger charge is 2.22. The number of aryl methyl sites for hydroxylation is 1. The number of anilines is 1. The molecule has 86 valence electrons. The summed E-state index contributed by atoms with van der Waals surface area (Å²) in [5.41, 5.74) is 2.04. The van der Waals surface area contributed by atoms with E-state index in [-0.39, 0.29) is 11.8 Å². The van der Waals surface area contributed by atoms with Crippen molar-refractivity contribution in [1.82, 2.24) is 0 Å². The Bertz CT molecular complexity index is 397. The van der Waals surface area contributed by atoms with E-state index in [1.165, 1.54) is 12.8 Å². The van der Waals surface area contributed by atoms with Crippen LogP contribution in [-0.4, -0.2) is 5.91 Å². The molecule has 1 fully saturated rings. The highest BCUT2D eigenvalue weighted by molar-refractivity contribution is 9.10. The predicted molar refractivity (Wildman–Crippen MR) is 69.5 cm³/mol. The summed E-state index contributed by atoms with van der Waals surface area (Å²) in [4.78, 5) is 11.9. The molecular weight excluding hydrogens is 266 g/mol. The predicted octanol–water partition coefficient (Wildman–Crippen LogP) is 3.89. The highest BCUT2D eigenvalue weighted by atomic mass is 79.9. The third-order valence-electron chi connectivity index (χ3n) is 3.11. The minimum Gasteiger partial charge on any atom is -0.325 e. The van der Waals surface area contributed by atoms with Crippen LogP contribution in [0.1, 0.15) is 31.2 Å². The van der Waals surface area contributed by atoms with Crippen molar-refractivity contribution in [3.63, 3.8) is 0 Å². The fourth-order valence-corrected chi connectivity index (χ4v) is 2.50. The lowest BCUT2D eigenvalue weighted by Crippen LogP contribution is -2.20. The van der Waals surface area contributed by atoms with Gasteiger partial charge >= 0.3 is 0 Å². The first-order chi connectivity index (χ1) is 7.66. The summed E-state index contributed by atoms with van der Waals surface area (Å²) in [7, 11) is 0. The molecule has 1 N–H and O–H groups in total. The van der Waals surface area contributed by atoms with Crippen LogP contribution in [0.4, 0.5) is 5.69 Å². The summed E-state index contributed by atoms with van der Waals surface area (Å²) < 4.78 is 0.949. The lowest BCUT2D eigenvalue weighted by atomic mass is 10.1. The zero-order chi connectivity index (χ0) is 11.5. The number of nitrogens with one attached hydrogen (secondary N) is 1. The molecule has 0 heterocycles. The van der Waals surface area contributed by atoms with Crippen molar-refractivity contribution < 1.29 is 4.79 Å². The molecule has 2 nitrogen and oxygen atoms in total. The Balaban J connectivity index is 2.07. The van der Waals surface area contributed by atoms with Crippen LogP contribution < -0.4 is 5.32 Å². The lowest BCUT2D eigenvalue weighted by molar-refractivity contribution is -0.119. The second kappa shape index (κ2) is 5.00. The van der Waals surface area contributed by atoms with Crippen molar-refractivity contribution >= 4 is 27.5 Å². The van der Waals surface area contributed by atoms with Crippen LogP contribution in [0, 0.1) is 12.8 Å². The molecule has 1 aromatic carbocycles. The lowest BCUT2D eigenvalue weighted by Gasteiger charge is -2.12. The van der Waals surface area contributed by atoms with Crippen LogP contribution in [-0.2, 0) is 4.79 Å². The molecule has 0 radical (unpaired) electrons. The van der Waals surface area contributed by atoms with Gasteiger partial charge in [0.15, 0.2) is 0 Å². The van der Waals surface area contributed by atoms with Gasteiger partial charge in [-0.1, -0.05) is 18.9 Å². The fraction of sp³-hybridized carbons (Fsp3) is 0.462. The molecule has 0 saturated heterocycles. The van der Waals surface area contributed by atoms with E-state index in [2.05, 4.69) is 21.2 Å². The zero-order valence-electron chi connectivity index (χ0n) is 9.42. The van der Waals surface area contributed by atoms with Gasteiger partial charge < -0.3 is 5.32 Å². The first kappa shape index (κ1) is 11.6. The normalized spacial score (nSPS) is 16.4. The second-order valence-electron chi connectivity index (χ2n) is 4.45. The van der Waals surface area contributed by atoms with Crippen LogP contribution in [0.2, 0.25) is 0 Å². The molecule has 16 heavy (non-hydrogen) atoms. The maximum absolute atomic E-state index is 11.9. The molecule has 0 aliphatic heterocycles. The minimum absolute atomic E-state index is 0.170. The average molecular weight is 282 g/mol. The first-order valence-corrected chi connectivity index (χ1v) is 6.53. The largest absolute Gasteiger partial charge is 0.325 e. The standard InChI is InChI=1S/C13H16BrNO/c1-9-6-7-11(14)12(8-9)15-13(16)10-4-2-3-5-10/h6-8,10H,2-5H2,1H3,(H,15,16). The molecule has 0 spiro atoms. The monoisotopic (exact) mass is 281 g/mol. The Morgan fingerprint density at radius 3 is 2.75 bits per heavy atom. The Labute approximate surface area is 105 Å². The summed E-state index contributed by atoms with van der Waals surface area (Å²) in [6.07, 6.45) is 4.45. The van der Waals surface area contributed by atoms with Gasteiger partial charge in [0.1, 0.15) is 0 Å². The molecule has 1 aromatic rings. The van der Waals surface area contributed by atoms with Crippen molar-refractivity contribution in [2.45, 2.75) is 32.6 Å². The van der Waals surface area contributed by atoms with Crippen LogP contribution >= 0.6 is 15.9 Å². The van der Waals surface area contributed by atoms with Gasteiger partial charge in [-0.3, -0.25) is 4.79 Å². The smallest absolute Gasteiger partial charge is 0.227 e. The molecular formula is C13H16BrNO. The van der Waals surface area contributed by atoms with E-state index in [9.17, 15) is 4.79 Å². The van der Waals surface area contributed by atoms with E-state index < -0.39 is 0 Å². The van der Waals surface area contributed by atoms with E-state index in [0.717, 1.165) is 28.6 Å². The maximum Gasteiger partial charge on any atom is 0.227 e. The highest BCUT2D eigenvalue weighted by Crippen LogP contribution is 2.28. The van der Waals surface area contributed by atoms with E-state index in [1.807, 2.05) is 25.1 Å². The van der Waals surface area contributed by atoms with E-state index in [4.69, 9.17) is 0 Å². The summed E-state index contributed by atoms with van der Waals surface area (Å²) >= 11 is 3.45. The van der Waals surface area contributed by atoms with Gasteiger partial charge in [-0.25, -0.2) is 0 Å². The second-order valence-corrected chi connectivity index (χ2v) is 5.31. The van der Waals surface area contributed by atoms with Gasteiger partial charge in [0, 0.05) is 10.4 Å². The van der Waals surface area contributed by atoms with Crippen LogP contribution in [0.3, 0.4) is 0 Å². The zero-order valence-corrected chi connectivity index (χ0v) is 11.0. The Hall–Kier alpha value is -0.830. The van der Waals surface area contributed by atoms with Crippen molar-refractivity contribution in [1.29, 1.82) is 0 Å². The summed E-state index contributed by atoms with van der Waals surface area (Å²) in [6, 6.07) is 5.99. The number of hydrogen-bond donors (Lipinski definition) is 1. The Morgan fingerprint density at radius 1 is 1.38 bits per heavy atom. The van der Waals surface area contributed by atoms with E-state index >= 15 is 0 Å². The molecule has 1 aliphatic rings. The molecule has 0 bridgehead atoms. The summed E-state index contributed by atoms with van der Waals surface area (Å²) in [5.74, 6) is 0.385. The first-order valence-electron chi connectivity index (χ1n) is 5.74. The minimum atomic E-state index is 0.170. The van der Waals surface area contributed by atoms with Crippen LogP contribution in [0.15, 0.2) is 22.7 Å². The van der Waals surface area contributed by atoms with Crippen molar-refractivity contribution in [2.75, 3.05) is 5.32 Å². The third-order valence-corrected chi connectivity index (χ3v) is 3.80. The molecule has 0 unspecified atom stereocenters. The van der Waals surface area contributed by atoms with Crippen molar-refractivity contribution in [3.8, 4) is 0 Å². The summed E-state index contributed by atoms with van der Waals surface area (Å²) in [5, 5.41) is 3.01. The molecule has 2 rings (SSSR count). The fourth-order valence-electron chi connectivity index (χ4n) is 2.16. The number of halogens is 1.